The van der Waals surface area contributed by atoms with Gasteiger partial charge in [-0.15, -0.1) is 0 Å². The molecule has 0 saturated carbocycles. The number of hydrogen-bond donors (Lipinski definition) is 0. The summed E-state index contributed by atoms with van der Waals surface area (Å²) in [5.74, 6) is -1.21. The number of carbonyl (C=O) groups excluding carboxylic acids is 2. The average Bonchev–Trinajstić information content (AvgIpc) is 2.94. The zero-order valence-corrected chi connectivity index (χ0v) is 13.5. The van der Waals surface area contributed by atoms with Crippen LogP contribution in [0, 0.1) is 16.0 Å². The summed E-state index contributed by atoms with van der Waals surface area (Å²) in [6.45, 7) is 5.56. The summed E-state index contributed by atoms with van der Waals surface area (Å²) in [5, 5.41) is 10.6. The van der Waals surface area contributed by atoms with Gasteiger partial charge in [0.1, 0.15) is 4.92 Å². The van der Waals surface area contributed by atoms with Crippen molar-refractivity contribution >= 4 is 17.7 Å². The molecule has 2 aliphatic heterocycles. The molecule has 2 saturated heterocycles. The molecule has 1 aromatic heterocycles. The third kappa shape index (κ3) is 3.12. The van der Waals surface area contributed by atoms with Crippen LogP contribution in [0.15, 0.2) is 16.5 Å². The van der Waals surface area contributed by atoms with Crippen molar-refractivity contribution in [3.8, 4) is 0 Å². The fourth-order valence-corrected chi connectivity index (χ4v) is 3.11. The molecule has 2 amide bonds. The van der Waals surface area contributed by atoms with Crippen molar-refractivity contribution in [3.63, 3.8) is 0 Å². The van der Waals surface area contributed by atoms with Gasteiger partial charge in [-0.1, -0.05) is 0 Å². The number of rotatable bonds is 3. The molecule has 2 fully saturated rings. The van der Waals surface area contributed by atoms with E-state index in [9.17, 15) is 19.7 Å². The third-order valence-corrected chi connectivity index (χ3v) is 4.23. The van der Waals surface area contributed by atoms with Crippen LogP contribution in [0.3, 0.4) is 0 Å². The van der Waals surface area contributed by atoms with Crippen LogP contribution in [0.2, 0.25) is 0 Å². The molecule has 0 spiro atoms. The molecule has 0 bridgehead atoms. The molecule has 1 aromatic rings. The second-order valence-electron chi connectivity index (χ2n) is 6.30. The van der Waals surface area contributed by atoms with Crippen LogP contribution < -0.4 is 0 Å². The highest BCUT2D eigenvalue weighted by atomic mass is 16.6. The van der Waals surface area contributed by atoms with E-state index in [0.29, 0.717) is 26.2 Å². The van der Waals surface area contributed by atoms with Crippen LogP contribution in [-0.2, 0) is 9.53 Å². The molecule has 2 aliphatic rings. The Kier molecular flexibility index (Phi) is 4.27. The fourth-order valence-electron chi connectivity index (χ4n) is 3.11. The molecule has 2 atom stereocenters. The van der Waals surface area contributed by atoms with Crippen LogP contribution in [0.5, 0.6) is 0 Å². The lowest BCUT2D eigenvalue weighted by molar-refractivity contribution is -0.402. The minimum atomic E-state index is -0.694. The first-order valence-corrected chi connectivity index (χ1v) is 7.83. The topological polar surface area (TPSA) is 106 Å². The number of carbonyl (C=O) groups is 2. The summed E-state index contributed by atoms with van der Waals surface area (Å²) in [6, 6.07) is 2.42. The fraction of sp³-hybridized carbons (Fsp3) is 0.600. The highest BCUT2D eigenvalue weighted by Crippen LogP contribution is 2.24. The number of hydrogen-bond acceptors (Lipinski definition) is 6. The van der Waals surface area contributed by atoms with Crippen molar-refractivity contribution in [1.29, 1.82) is 0 Å². The molecule has 24 heavy (non-hydrogen) atoms. The molecule has 3 heterocycles. The van der Waals surface area contributed by atoms with Crippen molar-refractivity contribution in [2.75, 3.05) is 26.2 Å². The maximum atomic E-state index is 12.5. The van der Waals surface area contributed by atoms with E-state index < -0.39 is 16.7 Å². The van der Waals surface area contributed by atoms with Gasteiger partial charge in [-0.2, -0.15) is 0 Å². The molecule has 9 heteroatoms. The minimum absolute atomic E-state index is 0.000760. The van der Waals surface area contributed by atoms with Gasteiger partial charge in [0.25, 0.3) is 5.91 Å². The van der Waals surface area contributed by atoms with Gasteiger partial charge in [0.2, 0.25) is 5.91 Å². The molecule has 2 unspecified atom stereocenters. The largest absolute Gasteiger partial charge is 0.433 e. The molecule has 0 radical (unpaired) electrons. The van der Waals surface area contributed by atoms with Crippen molar-refractivity contribution in [2.45, 2.75) is 26.1 Å². The van der Waals surface area contributed by atoms with E-state index in [0.717, 1.165) is 6.07 Å². The zero-order chi connectivity index (χ0) is 17.4. The van der Waals surface area contributed by atoms with E-state index in [4.69, 9.17) is 9.15 Å². The summed E-state index contributed by atoms with van der Waals surface area (Å²) in [7, 11) is 0. The Morgan fingerprint density at radius 1 is 1.12 bits per heavy atom. The summed E-state index contributed by atoms with van der Waals surface area (Å²) in [4.78, 5) is 37.8. The maximum Gasteiger partial charge on any atom is 0.433 e. The Bertz CT molecular complexity index is 656. The van der Waals surface area contributed by atoms with Gasteiger partial charge < -0.3 is 19.0 Å². The van der Waals surface area contributed by atoms with E-state index >= 15 is 0 Å². The van der Waals surface area contributed by atoms with Gasteiger partial charge >= 0.3 is 5.88 Å². The highest BCUT2D eigenvalue weighted by Gasteiger charge is 2.40. The van der Waals surface area contributed by atoms with Crippen molar-refractivity contribution in [3.05, 3.63) is 28.0 Å². The third-order valence-electron chi connectivity index (χ3n) is 4.23. The summed E-state index contributed by atoms with van der Waals surface area (Å²) < 4.78 is 10.5. The van der Waals surface area contributed by atoms with Crippen LogP contribution in [0.25, 0.3) is 0 Å². The quantitative estimate of drug-likeness (QED) is 0.599. The second kappa shape index (κ2) is 6.23. The lowest BCUT2D eigenvalue weighted by Gasteiger charge is -2.43. The Hall–Kier alpha value is -2.42. The number of ether oxygens (including phenoxy) is 1. The molecule has 0 aromatic carbocycles. The summed E-state index contributed by atoms with van der Waals surface area (Å²) in [6.07, 6.45) is -0.00152. The minimum Gasteiger partial charge on any atom is -0.395 e. The van der Waals surface area contributed by atoms with Crippen molar-refractivity contribution < 1.29 is 23.7 Å². The standard InChI is InChI=1S/C15H19N3O6/c1-9-5-16(6-10(2)23-9)14(19)11-7-17(8-11)15(20)12-3-4-13(24-12)18(21)22/h3-4,9-11H,5-8H2,1-2H3. The lowest BCUT2D eigenvalue weighted by Crippen LogP contribution is -2.59. The SMILES string of the molecule is CC1CN(C(=O)C2CN(C(=O)c3ccc([N+](=O)[O-])o3)C2)CC(C)O1. The number of amides is 2. The first-order chi connectivity index (χ1) is 11.3. The second-order valence-corrected chi connectivity index (χ2v) is 6.30. The molecular weight excluding hydrogens is 318 g/mol. The number of nitrogens with zero attached hydrogens (tertiary/aromatic N) is 3. The molecule has 0 aliphatic carbocycles. The summed E-state index contributed by atoms with van der Waals surface area (Å²) >= 11 is 0. The lowest BCUT2D eigenvalue weighted by atomic mass is 9.97. The molecule has 0 N–H and O–H groups in total. The van der Waals surface area contributed by atoms with Gasteiger partial charge in [0, 0.05) is 26.2 Å². The number of likely N-dealkylation sites (tertiary alicyclic amines) is 1. The number of nitro groups is 1. The highest BCUT2D eigenvalue weighted by molar-refractivity contribution is 5.94. The van der Waals surface area contributed by atoms with Gasteiger partial charge in [-0.25, -0.2) is 0 Å². The van der Waals surface area contributed by atoms with E-state index in [-0.39, 0.29) is 29.8 Å². The van der Waals surface area contributed by atoms with Gasteiger partial charge in [0.05, 0.1) is 24.2 Å². The van der Waals surface area contributed by atoms with Gasteiger partial charge in [-0.3, -0.25) is 19.7 Å². The van der Waals surface area contributed by atoms with Crippen LogP contribution in [0.4, 0.5) is 5.88 Å². The van der Waals surface area contributed by atoms with Crippen molar-refractivity contribution in [2.24, 2.45) is 5.92 Å². The zero-order valence-electron chi connectivity index (χ0n) is 13.5. The Morgan fingerprint density at radius 3 is 2.29 bits per heavy atom. The Morgan fingerprint density at radius 2 is 1.75 bits per heavy atom. The molecular formula is C15H19N3O6. The van der Waals surface area contributed by atoms with E-state index in [1.165, 1.54) is 11.0 Å². The average molecular weight is 337 g/mol. The predicted octanol–water partition coefficient (Wildman–Crippen LogP) is 0.896. The van der Waals surface area contributed by atoms with Crippen LogP contribution in [-0.4, -0.2) is 64.9 Å². The smallest absolute Gasteiger partial charge is 0.395 e. The molecule has 9 nitrogen and oxygen atoms in total. The number of morpholine rings is 1. The van der Waals surface area contributed by atoms with E-state index in [2.05, 4.69) is 0 Å². The van der Waals surface area contributed by atoms with E-state index in [1.54, 1.807) is 4.90 Å². The first kappa shape index (κ1) is 16.4. The normalized spacial score (nSPS) is 24.6. The monoisotopic (exact) mass is 337 g/mol. The maximum absolute atomic E-state index is 12.5. The van der Waals surface area contributed by atoms with E-state index in [1.807, 2.05) is 13.8 Å². The number of furan rings is 1. The Balaban J connectivity index is 1.55. The van der Waals surface area contributed by atoms with Crippen LogP contribution in [0.1, 0.15) is 24.4 Å². The molecule has 130 valence electrons. The van der Waals surface area contributed by atoms with Gasteiger partial charge in [-0.05, 0) is 19.9 Å². The molecule has 3 rings (SSSR count). The first-order valence-electron chi connectivity index (χ1n) is 7.83. The Labute approximate surface area is 138 Å². The van der Waals surface area contributed by atoms with Gasteiger partial charge in [0.15, 0.2) is 5.76 Å². The predicted molar refractivity (Wildman–Crippen MR) is 81.3 cm³/mol. The van der Waals surface area contributed by atoms with Crippen molar-refractivity contribution in [1.82, 2.24) is 9.80 Å². The summed E-state index contributed by atoms with van der Waals surface area (Å²) in [5.41, 5.74) is 0. The van der Waals surface area contributed by atoms with Crippen LogP contribution >= 0.6 is 0 Å².